The molecule has 2 aromatic rings. The average molecular weight is 344 g/mol. The maximum Gasteiger partial charge on any atom is 0.258 e. The first kappa shape index (κ1) is 17.0. The molecule has 0 fully saturated rings. The van der Waals surface area contributed by atoms with E-state index in [-0.39, 0.29) is 11.3 Å². The Labute approximate surface area is 130 Å². The van der Waals surface area contributed by atoms with E-state index in [1.807, 2.05) is 0 Å². The van der Waals surface area contributed by atoms with Gasteiger partial charge in [-0.15, -0.1) is 0 Å². The minimum absolute atomic E-state index is 0.117. The van der Waals surface area contributed by atoms with Crippen LogP contribution in [-0.4, -0.2) is 14.3 Å². The molecule has 0 heterocycles. The quantitative estimate of drug-likeness (QED) is 0.895. The molecule has 2 aromatic carbocycles. The van der Waals surface area contributed by atoms with Crippen LogP contribution in [0.5, 0.6) is 0 Å². The molecular formula is C14H11F3N2O3S. The zero-order chi connectivity index (χ0) is 17.4. The standard InChI is InChI=1S/C14H11F3N2O3S/c1-7-2-5-11(23(18,21)22)13(17)12(7)14(20)19-8-3-4-9(15)10(16)6-8/h2-6H,1H3,(H,19,20)(H2,18,21,22). The second kappa shape index (κ2) is 6.01. The number of amides is 1. The molecule has 0 atom stereocenters. The maximum atomic E-state index is 14.3. The number of rotatable bonds is 3. The van der Waals surface area contributed by atoms with Crippen molar-refractivity contribution >= 4 is 21.6 Å². The van der Waals surface area contributed by atoms with Crippen LogP contribution in [0.1, 0.15) is 15.9 Å². The van der Waals surface area contributed by atoms with E-state index in [0.29, 0.717) is 6.07 Å². The molecular weight excluding hydrogens is 333 g/mol. The summed E-state index contributed by atoms with van der Waals surface area (Å²) < 4.78 is 62.8. The minimum Gasteiger partial charge on any atom is -0.322 e. The first-order valence-corrected chi connectivity index (χ1v) is 7.74. The van der Waals surface area contributed by atoms with Gasteiger partial charge < -0.3 is 5.32 Å². The van der Waals surface area contributed by atoms with Gasteiger partial charge in [0.2, 0.25) is 10.0 Å². The van der Waals surface area contributed by atoms with Gasteiger partial charge in [-0.1, -0.05) is 6.07 Å². The van der Waals surface area contributed by atoms with E-state index in [2.05, 4.69) is 5.32 Å². The number of anilines is 1. The molecule has 1 amide bonds. The van der Waals surface area contributed by atoms with E-state index in [9.17, 15) is 26.4 Å². The largest absolute Gasteiger partial charge is 0.322 e. The Balaban J connectivity index is 2.45. The second-order valence-corrected chi connectivity index (χ2v) is 6.23. The number of sulfonamides is 1. The van der Waals surface area contributed by atoms with E-state index in [4.69, 9.17) is 5.14 Å². The number of halogens is 3. The van der Waals surface area contributed by atoms with E-state index < -0.39 is 43.8 Å². The third-order valence-corrected chi connectivity index (χ3v) is 3.95. The number of nitrogens with one attached hydrogen (secondary N) is 1. The Bertz CT molecular complexity index is 898. The monoisotopic (exact) mass is 344 g/mol. The van der Waals surface area contributed by atoms with Crippen molar-refractivity contribution in [3.8, 4) is 0 Å². The fourth-order valence-corrected chi connectivity index (χ4v) is 2.53. The summed E-state index contributed by atoms with van der Waals surface area (Å²) in [5, 5.41) is 7.04. The first-order valence-electron chi connectivity index (χ1n) is 6.19. The Hall–Kier alpha value is -2.39. The van der Waals surface area contributed by atoms with Crippen LogP contribution in [0, 0.1) is 24.4 Å². The van der Waals surface area contributed by atoms with Gasteiger partial charge in [0, 0.05) is 11.8 Å². The molecule has 9 heteroatoms. The molecule has 23 heavy (non-hydrogen) atoms. The molecule has 122 valence electrons. The lowest BCUT2D eigenvalue weighted by atomic mass is 10.1. The summed E-state index contributed by atoms with van der Waals surface area (Å²) in [6.07, 6.45) is 0. The van der Waals surface area contributed by atoms with Crippen LogP contribution >= 0.6 is 0 Å². The molecule has 0 saturated carbocycles. The average Bonchev–Trinajstić information content (AvgIpc) is 2.41. The highest BCUT2D eigenvalue weighted by molar-refractivity contribution is 7.89. The number of benzene rings is 2. The fourth-order valence-electron chi connectivity index (χ4n) is 1.92. The van der Waals surface area contributed by atoms with Crippen LogP contribution < -0.4 is 10.5 Å². The van der Waals surface area contributed by atoms with Crippen molar-refractivity contribution in [1.82, 2.24) is 0 Å². The Morgan fingerprint density at radius 3 is 2.30 bits per heavy atom. The highest BCUT2D eigenvalue weighted by atomic mass is 32.2. The zero-order valence-corrected chi connectivity index (χ0v) is 12.5. The minimum atomic E-state index is -4.36. The summed E-state index contributed by atoms with van der Waals surface area (Å²) in [4.78, 5) is 11.3. The summed E-state index contributed by atoms with van der Waals surface area (Å²) in [6, 6.07) is 4.73. The number of carbonyl (C=O) groups excluding carboxylic acids is 1. The fraction of sp³-hybridized carbons (Fsp3) is 0.0714. The molecule has 0 saturated heterocycles. The summed E-state index contributed by atoms with van der Waals surface area (Å²) in [5.74, 6) is -4.64. The zero-order valence-electron chi connectivity index (χ0n) is 11.7. The predicted octanol–water partition coefficient (Wildman–Crippen LogP) is 2.31. The third kappa shape index (κ3) is 3.51. The van der Waals surface area contributed by atoms with Gasteiger partial charge in [-0.05, 0) is 30.7 Å². The highest BCUT2D eigenvalue weighted by Crippen LogP contribution is 2.22. The summed E-state index contributed by atoms with van der Waals surface area (Å²) in [7, 11) is -4.36. The number of hydrogen-bond donors (Lipinski definition) is 2. The molecule has 0 aliphatic rings. The van der Waals surface area contributed by atoms with Gasteiger partial charge in [0.05, 0.1) is 5.56 Å². The van der Waals surface area contributed by atoms with Crippen molar-refractivity contribution in [2.24, 2.45) is 5.14 Å². The molecule has 0 radical (unpaired) electrons. The van der Waals surface area contributed by atoms with Crippen LogP contribution in [0.4, 0.5) is 18.9 Å². The third-order valence-electron chi connectivity index (χ3n) is 3.03. The van der Waals surface area contributed by atoms with Gasteiger partial charge in [-0.25, -0.2) is 26.7 Å². The SMILES string of the molecule is Cc1ccc(S(N)(=O)=O)c(F)c1C(=O)Nc1ccc(F)c(F)c1. The van der Waals surface area contributed by atoms with Crippen molar-refractivity contribution in [1.29, 1.82) is 0 Å². The molecule has 0 aromatic heterocycles. The Kier molecular flexibility index (Phi) is 4.44. The molecule has 0 aliphatic carbocycles. The molecule has 5 nitrogen and oxygen atoms in total. The predicted molar refractivity (Wildman–Crippen MR) is 76.8 cm³/mol. The number of aryl methyl sites for hydroxylation is 1. The van der Waals surface area contributed by atoms with Gasteiger partial charge in [-0.2, -0.15) is 0 Å². The smallest absolute Gasteiger partial charge is 0.258 e. The van der Waals surface area contributed by atoms with Crippen LogP contribution in [0.25, 0.3) is 0 Å². The lowest BCUT2D eigenvalue weighted by Gasteiger charge is -2.11. The number of primary sulfonamides is 1. The van der Waals surface area contributed by atoms with Gasteiger partial charge in [0.1, 0.15) is 4.90 Å². The van der Waals surface area contributed by atoms with Crippen LogP contribution in [0.15, 0.2) is 35.2 Å². The van der Waals surface area contributed by atoms with Crippen molar-refractivity contribution in [3.63, 3.8) is 0 Å². The van der Waals surface area contributed by atoms with Crippen molar-refractivity contribution in [2.75, 3.05) is 5.32 Å². The molecule has 0 unspecified atom stereocenters. The first-order chi connectivity index (χ1) is 10.6. The van der Waals surface area contributed by atoms with Crippen molar-refractivity contribution in [3.05, 3.63) is 58.9 Å². The lowest BCUT2D eigenvalue weighted by Crippen LogP contribution is -2.20. The molecule has 3 N–H and O–H groups in total. The molecule has 0 bridgehead atoms. The molecule has 0 spiro atoms. The Morgan fingerprint density at radius 1 is 1.09 bits per heavy atom. The van der Waals surface area contributed by atoms with Crippen LogP contribution in [0.3, 0.4) is 0 Å². The van der Waals surface area contributed by atoms with E-state index in [1.165, 1.54) is 13.0 Å². The van der Waals surface area contributed by atoms with Crippen LogP contribution in [-0.2, 0) is 10.0 Å². The van der Waals surface area contributed by atoms with E-state index in [1.54, 1.807) is 0 Å². The van der Waals surface area contributed by atoms with E-state index >= 15 is 0 Å². The maximum absolute atomic E-state index is 14.3. The highest BCUT2D eigenvalue weighted by Gasteiger charge is 2.23. The molecule has 2 rings (SSSR count). The topological polar surface area (TPSA) is 89.3 Å². The summed E-state index contributed by atoms with van der Waals surface area (Å²) in [5.41, 5.74) is -0.523. The van der Waals surface area contributed by atoms with E-state index in [0.717, 1.165) is 18.2 Å². The van der Waals surface area contributed by atoms with Gasteiger partial charge in [0.15, 0.2) is 17.5 Å². The number of hydrogen-bond acceptors (Lipinski definition) is 3. The second-order valence-electron chi connectivity index (χ2n) is 4.70. The summed E-state index contributed by atoms with van der Waals surface area (Å²) in [6.45, 7) is 1.39. The summed E-state index contributed by atoms with van der Waals surface area (Å²) >= 11 is 0. The molecule has 0 aliphatic heterocycles. The number of nitrogens with two attached hydrogens (primary N) is 1. The number of carbonyl (C=O) groups is 1. The van der Waals surface area contributed by atoms with Crippen LogP contribution in [0.2, 0.25) is 0 Å². The van der Waals surface area contributed by atoms with Gasteiger partial charge in [0.25, 0.3) is 5.91 Å². The normalized spacial score (nSPS) is 11.3. The van der Waals surface area contributed by atoms with Crippen molar-refractivity contribution in [2.45, 2.75) is 11.8 Å². The Morgan fingerprint density at radius 2 is 1.74 bits per heavy atom. The van der Waals surface area contributed by atoms with Gasteiger partial charge >= 0.3 is 0 Å². The lowest BCUT2D eigenvalue weighted by molar-refractivity contribution is 0.102. The van der Waals surface area contributed by atoms with Crippen molar-refractivity contribution < 1.29 is 26.4 Å². The van der Waals surface area contributed by atoms with Gasteiger partial charge in [-0.3, -0.25) is 4.79 Å².